The lowest BCUT2D eigenvalue weighted by Crippen LogP contribution is -2.51. The maximum atomic E-state index is 12.2. The van der Waals surface area contributed by atoms with E-state index in [-0.39, 0.29) is 30.6 Å². The number of nitrogens with two attached hydrogens (primary N) is 1. The van der Waals surface area contributed by atoms with Gasteiger partial charge in [0.2, 0.25) is 5.91 Å². The van der Waals surface area contributed by atoms with E-state index in [1.807, 2.05) is 11.9 Å². The molecule has 3 unspecified atom stereocenters. The monoisotopic (exact) mass is 399 g/mol. The fourth-order valence-corrected chi connectivity index (χ4v) is 3.26. The molecule has 28 heavy (non-hydrogen) atoms. The van der Waals surface area contributed by atoms with Crippen molar-refractivity contribution in [3.63, 3.8) is 0 Å². The third kappa shape index (κ3) is 7.34. The lowest BCUT2D eigenvalue weighted by atomic mass is 10.1. The molecule has 0 bridgehead atoms. The molecule has 0 aromatic carbocycles. The van der Waals surface area contributed by atoms with Crippen molar-refractivity contribution >= 4 is 24.3 Å². The summed E-state index contributed by atoms with van der Waals surface area (Å²) in [5, 5.41) is 5.01. The van der Waals surface area contributed by atoms with Gasteiger partial charge in [-0.05, 0) is 47.1 Å². The zero-order valence-corrected chi connectivity index (χ0v) is 17.4. The van der Waals surface area contributed by atoms with Crippen LogP contribution in [-0.2, 0) is 14.3 Å². The van der Waals surface area contributed by atoms with Crippen molar-refractivity contribution in [2.45, 2.75) is 63.8 Å². The van der Waals surface area contributed by atoms with Crippen molar-refractivity contribution in [2.24, 2.45) is 5.73 Å². The summed E-state index contributed by atoms with van der Waals surface area (Å²) in [6, 6.07) is -1.44. The van der Waals surface area contributed by atoms with Crippen molar-refractivity contribution in [3.05, 3.63) is 0 Å². The molecule has 4 amide bonds. The minimum atomic E-state index is -0.896. The molecule has 10 heteroatoms. The van der Waals surface area contributed by atoms with Gasteiger partial charge < -0.3 is 30.8 Å². The Kier molecular flexibility index (Phi) is 8.67. The number of nitrogens with one attached hydrogen (secondary N) is 2. The Balaban J connectivity index is 2.67. The summed E-state index contributed by atoms with van der Waals surface area (Å²) < 4.78 is 5.15. The standard InChI is InChI=1S/C18H33N5O5/c1-18(2,3)28-17(27)21-12(11-24)10-23(16(26)20-4)9-8-13-6-7-14(15(19)25)22(13)5/h11-14H,6-10H2,1-5H3,(H2,19,25)(H,20,26)(H,21,27). The van der Waals surface area contributed by atoms with E-state index in [0.29, 0.717) is 25.7 Å². The number of likely N-dealkylation sites (tertiary alicyclic amines) is 1. The van der Waals surface area contributed by atoms with Gasteiger partial charge in [0.05, 0.1) is 6.04 Å². The van der Waals surface area contributed by atoms with E-state index < -0.39 is 17.7 Å². The first-order valence-electron chi connectivity index (χ1n) is 9.41. The van der Waals surface area contributed by atoms with Crippen LogP contribution in [0.1, 0.15) is 40.0 Å². The first kappa shape index (κ1) is 23.7. The van der Waals surface area contributed by atoms with Crippen LogP contribution in [0.15, 0.2) is 0 Å². The summed E-state index contributed by atoms with van der Waals surface area (Å²) in [5.74, 6) is -0.351. The molecule has 1 saturated heterocycles. The fraction of sp³-hybridized carbons (Fsp3) is 0.778. The summed E-state index contributed by atoms with van der Waals surface area (Å²) in [6.07, 6.45) is 1.96. The van der Waals surface area contributed by atoms with Crippen LogP contribution in [0, 0.1) is 0 Å². The smallest absolute Gasteiger partial charge is 0.408 e. The predicted octanol–water partition coefficient (Wildman–Crippen LogP) is 0.0582. The third-order valence-corrected chi connectivity index (χ3v) is 4.69. The molecule has 1 heterocycles. The number of amides is 4. The molecule has 1 fully saturated rings. The van der Waals surface area contributed by atoms with Gasteiger partial charge in [0.1, 0.15) is 17.9 Å². The first-order valence-corrected chi connectivity index (χ1v) is 9.41. The Morgan fingerprint density at radius 2 is 1.96 bits per heavy atom. The third-order valence-electron chi connectivity index (χ3n) is 4.69. The molecule has 4 N–H and O–H groups in total. The van der Waals surface area contributed by atoms with Crippen molar-refractivity contribution in [2.75, 3.05) is 27.2 Å². The molecule has 0 saturated carbocycles. The van der Waals surface area contributed by atoms with Gasteiger partial charge in [0, 0.05) is 26.2 Å². The number of carbonyl (C=O) groups is 4. The highest BCUT2D eigenvalue weighted by atomic mass is 16.6. The Hall–Kier alpha value is -2.36. The number of hydrogen-bond acceptors (Lipinski definition) is 6. The Morgan fingerprint density at radius 3 is 2.43 bits per heavy atom. The summed E-state index contributed by atoms with van der Waals surface area (Å²) in [7, 11) is 3.34. The molecule has 0 aromatic heterocycles. The molecule has 0 aliphatic carbocycles. The van der Waals surface area contributed by atoms with Crippen molar-refractivity contribution in [1.82, 2.24) is 20.4 Å². The summed E-state index contributed by atoms with van der Waals surface area (Å²) in [4.78, 5) is 50.3. The summed E-state index contributed by atoms with van der Waals surface area (Å²) in [6.45, 7) is 5.53. The zero-order chi connectivity index (χ0) is 21.5. The lowest BCUT2D eigenvalue weighted by molar-refractivity contribution is -0.122. The number of primary amides is 1. The second-order valence-electron chi connectivity index (χ2n) is 7.99. The predicted molar refractivity (Wildman–Crippen MR) is 104 cm³/mol. The van der Waals surface area contributed by atoms with Gasteiger partial charge in [0.15, 0.2) is 0 Å². The zero-order valence-electron chi connectivity index (χ0n) is 17.4. The number of likely N-dealkylation sites (N-methyl/N-ethyl adjacent to an activating group) is 1. The minimum absolute atomic E-state index is 0.0120. The molecule has 10 nitrogen and oxygen atoms in total. The average Bonchev–Trinajstić information content (AvgIpc) is 2.96. The molecule has 1 rings (SSSR count). The topological polar surface area (TPSA) is 134 Å². The highest BCUT2D eigenvalue weighted by Gasteiger charge is 2.34. The maximum Gasteiger partial charge on any atom is 0.408 e. The second-order valence-corrected chi connectivity index (χ2v) is 7.99. The summed E-state index contributed by atoms with van der Waals surface area (Å²) in [5.41, 5.74) is 4.71. The van der Waals surface area contributed by atoms with Crippen molar-refractivity contribution in [3.8, 4) is 0 Å². The molecule has 0 aromatic rings. The molecule has 1 aliphatic rings. The molecular weight excluding hydrogens is 366 g/mol. The Morgan fingerprint density at radius 1 is 1.32 bits per heavy atom. The minimum Gasteiger partial charge on any atom is -0.444 e. The fourth-order valence-electron chi connectivity index (χ4n) is 3.26. The highest BCUT2D eigenvalue weighted by Crippen LogP contribution is 2.24. The Bertz CT molecular complexity index is 577. The normalized spacial score (nSPS) is 20.9. The quantitative estimate of drug-likeness (QED) is 0.494. The van der Waals surface area contributed by atoms with Crippen molar-refractivity contribution in [1.29, 1.82) is 0 Å². The van der Waals surface area contributed by atoms with Gasteiger partial charge >= 0.3 is 12.1 Å². The number of urea groups is 1. The van der Waals surface area contributed by atoms with Crippen LogP contribution >= 0.6 is 0 Å². The number of alkyl carbamates (subject to hydrolysis) is 1. The molecule has 3 atom stereocenters. The molecule has 0 spiro atoms. The number of carbonyl (C=O) groups excluding carboxylic acids is 4. The van der Waals surface area contributed by atoms with Gasteiger partial charge in [0.25, 0.3) is 0 Å². The van der Waals surface area contributed by atoms with E-state index in [9.17, 15) is 19.2 Å². The van der Waals surface area contributed by atoms with Gasteiger partial charge in [-0.15, -0.1) is 0 Å². The van der Waals surface area contributed by atoms with Crippen LogP contribution in [0.2, 0.25) is 0 Å². The molecular formula is C18H33N5O5. The number of hydrogen-bond donors (Lipinski definition) is 3. The van der Waals surface area contributed by atoms with E-state index >= 15 is 0 Å². The molecule has 160 valence electrons. The van der Waals surface area contributed by atoms with E-state index in [2.05, 4.69) is 10.6 Å². The highest BCUT2D eigenvalue weighted by molar-refractivity contribution is 5.80. The van der Waals surface area contributed by atoms with Crippen LogP contribution in [-0.4, -0.2) is 85.0 Å². The van der Waals surface area contributed by atoms with E-state index in [1.54, 1.807) is 20.8 Å². The molecule has 1 aliphatic heterocycles. The van der Waals surface area contributed by atoms with Gasteiger partial charge in [-0.1, -0.05) is 0 Å². The summed E-state index contributed by atoms with van der Waals surface area (Å²) >= 11 is 0. The second kappa shape index (κ2) is 10.3. The van der Waals surface area contributed by atoms with Crippen LogP contribution < -0.4 is 16.4 Å². The van der Waals surface area contributed by atoms with Crippen LogP contribution in [0.4, 0.5) is 9.59 Å². The van der Waals surface area contributed by atoms with Crippen molar-refractivity contribution < 1.29 is 23.9 Å². The van der Waals surface area contributed by atoms with Gasteiger partial charge in [-0.2, -0.15) is 0 Å². The SMILES string of the molecule is CNC(=O)N(CCC1CCC(C(N)=O)N1C)CC(C=O)NC(=O)OC(C)(C)C. The number of nitrogens with zero attached hydrogens (tertiary/aromatic N) is 2. The first-order chi connectivity index (χ1) is 13.0. The lowest BCUT2D eigenvalue weighted by Gasteiger charge is -2.29. The van der Waals surface area contributed by atoms with Crippen LogP contribution in [0.25, 0.3) is 0 Å². The number of ether oxygens (including phenoxy) is 1. The number of rotatable bonds is 8. The van der Waals surface area contributed by atoms with Gasteiger partial charge in [-0.25, -0.2) is 9.59 Å². The van der Waals surface area contributed by atoms with E-state index in [4.69, 9.17) is 10.5 Å². The largest absolute Gasteiger partial charge is 0.444 e. The van der Waals surface area contributed by atoms with E-state index in [1.165, 1.54) is 11.9 Å². The number of aldehydes is 1. The van der Waals surface area contributed by atoms with Crippen LogP contribution in [0.5, 0.6) is 0 Å². The van der Waals surface area contributed by atoms with E-state index in [0.717, 1.165) is 6.42 Å². The average molecular weight is 399 g/mol. The maximum absolute atomic E-state index is 12.2. The molecule has 0 radical (unpaired) electrons. The Labute approximate surface area is 166 Å². The van der Waals surface area contributed by atoms with Gasteiger partial charge in [-0.3, -0.25) is 9.69 Å². The van der Waals surface area contributed by atoms with Crippen LogP contribution in [0.3, 0.4) is 0 Å².